The summed E-state index contributed by atoms with van der Waals surface area (Å²) in [5, 5.41) is 5.85. The molecule has 0 radical (unpaired) electrons. The molecular formula is C29H39N3O5. The highest BCUT2D eigenvalue weighted by atomic mass is 16.5. The van der Waals surface area contributed by atoms with Gasteiger partial charge in [-0.15, -0.1) is 0 Å². The van der Waals surface area contributed by atoms with Gasteiger partial charge in [-0.05, 0) is 69.2 Å². The maximum absolute atomic E-state index is 13.6. The normalized spacial score (nSPS) is 21.2. The third-order valence-corrected chi connectivity index (χ3v) is 7.51. The zero-order valence-electron chi connectivity index (χ0n) is 22.1. The monoisotopic (exact) mass is 509 g/mol. The lowest BCUT2D eigenvalue weighted by atomic mass is 9.80. The van der Waals surface area contributed by atoms with Crippen molar-refractivity contribution in [2.24, 2.45) is 5.41 Å². The number of nitrogens with one attached hydrogen (secondary N) is 2. The van der Waals surface area contributed by atoms with Gasteiger partial charge in [0.05, 0.1) is 17.9 Å². The average Bonchev–Trinajstić information content (AvgIpc) is 3.62. The number of hydrogen-bond donors (Lipinski definition) is 2. The Balaban J connectivity index is 1.46. The van der Waals surface area contributed by atoms with Gasteiger partial charge in [-0.1, -0.05) is 44.2 Å². The van der Waals surface area contributed by atoms with E-state index in [2.05, 4.69) is 41.5 Å². The van der Waals surface area contributed by atoms with Crippen LogP contribution in [0, 0.1) is 12.3 Å². The molecule has 2 fully saturated rings. The minimum Gasteiger partial charge on any atom is -0.469 e. The van der Waals surface area contributed by atoms with Crippen molar-refractivity contribution in [3.63, 3.8) is 0 Å². The van der Waals surface area contributed by atoms with Gasteiger partial charge in [0.2, 0.25) is 5.91 Å². The third-order valence-electron chi connectivity index (χ3n) is 7.51. The van der Waals surface area contributed by atoms with E-state index in [0.717, 1.165) is 38.8 Å². The van der Waals surface area contributed by atoms with E-state index >= 15 is 0 Å². The summed E-state index contributed by atoms with van der Waals surface area (Å²) in [6, 6.07) is 10.3. The minimum absolute atomic E-state index is 0.00272. The van der Waals surface area contributed by atoms with E-state index in [1.807, 2.05) is 18.2 Å². The van der Waals surface area contributed by atoms with Gasteiger partial charge in [0.25, 0.3) is 5.91 Å². The van der Waals surface area contributed by atoms with Crippen LogP contribution in [0.25, 0.3) is 0 Å². The molecule has 8 nitrogen and oxygen atoms in total. The molecule has 2 N–H and O–H groups in total. The first-order chi connectivity index (χ1) is 17.7. The lowest BCUT2D eigenvalue weighted by Crippen LogP contribution is -2.55. The first kappa shape index (κ1) is 27.1. The summed E-state index contributed by atoms with van der Waals surface area (Å²) in [5.74, 6) is -0.368. The Bertz CT molecular complexity index is 1070. The van der Waals surface area contributed by atoms with E-state index in [4.69, 9.17) is 9.15 Å². The van der Waals surface area contributed by atoms with Gasteiger partial charge in [-0.3, -0.25) is 14.4 Å². The van der Waals surface area contributed by atoms with E-state index in [9.17, 15) is 14.4 Å². The molecule has 1 aromatic heterocycles. The number of ether oxygens (including phenoxy) is 1. The summed E-state index contributed by atoms with van der Waals surface area (Å²) in [6.07, 6.45) is 5.48. The number of ketones is 1. The van der Waals surface area contributed by atoms with Crippen LogP contribution in [-0.4, -0.2) is 66.9 Å². The molecule has 4 rings (SSSR count). The predicted octanol–water partition coefficient (Wildman–Crippen LogP) is 3.28. The van der Waals surface area contributed by atoms with Crippen molar-refractivity contribution >= 4 is 17.6 Å². The summed E-state index contributed by atoms with van der Waals surface area (Å²) < 4.78 is 11.0. The molecule has 0 saturated carbocycles. The number of hydrogen-bond acceptors (Lipinski definition) is 6. The highest BCUT2D eigenvalue weighted by Crippen LogP contribution is 2.29. The van der Waals surface area contributed by atoms with Gasteiger partial charge in [-0.25, -0.2) is 0 Å². The van der Waals surface area contributed by atoms with Crippen molar-refractivity contribution in [1.82, 2.24) is 15.5 Å². The fraction of sp³-hybridized carbons (Fsp3) is 0.552. The minimum atomic E-state index is -0.812. The van der Waals surface area contributed by atoms with Crippen molar-refractivity contribution in [2.75, 3.05) is 26.2 Å². The van der Waals surface area contributed by atoms with Crippen LogP contribution >= 0.6 is 0 Å². The van der Waals surface area contributed by atoms with Crippen LogP contribution in [0.4, 0.5) is 0 Å². The molecule has 8 heteroatoms. The summed E-state index contributed by atoms with van der Waals surface area (Å²) in [7, 11) is 0. The molecule has 2 aliphatic rings. The molecular weight excluding hydrogens is 470 g/mol. The number of rotatable bonds is 11. The number of carbonyl (C=O) groups excluding carboxylic acids is 3. The SMILES string of the molecule is Cc1occc1C(=O)N[C@@H](CC(C)(C)CCc1ccccc1)C(=O)NC1C(=O)COC1CN1CCCC1. The summed E-state index contributed by atoms with van der Waals surface area (Å²) in [5.41, 5.74) is 1.38. The quantitative estimate of drug-likeness (QED) is 0.482. The smallest absolute Gasteiger partial charge is 0.255 e. The molecule has 0 bridgehead atoms. The molecule has 0 spiro atoms. The van der Waals surface area contributed by atoms with Crippen LogP contribution in [0.3, 0.4) is 0 Å². The maximum atomic E-state index is 13.6. The number of amides is 2. The van der Waals surface area contributed by atoms with Gasteiger partial charge in [0.1, 0.15) is 24.5 Å². The van der Waals surface area contributed by atoms with Gasteiger partial charge >= 0.3 is 0 Å². The van der Waals surface area contributed by atoms with Crippen LogP contribution in [0.2, 0.25) is 0 Å². The molecule has 37 heavy (non-hydrogen) atoms. The molecule has 200 valence electrons. The number of Topliss-reactive ketones (excluding diaryl/α,β-unsaturated/α-hetero) is 1. The highest BCUT2D eigenvalue weighted by molar-refractivity contribution is 5.99. The summed E-state index contributed by atoms with van der Waals surface area (Å²) in [4.78, 5) is 41.6. The molecule has 2 unspecified atom stereocenters. The highest BCUT2D eigenvalue weighted by Gasteiger charge is 2.40. The first-order valence-electron chi connectivity index (χ1n) is 13.3. The van der Waals surface area contributed by atoms with Crippen LogP contribution in [0.5, 0.6) is 0 Å². The lowest BCUT2D eigenvalue weighted by Gasteiger charge is -2.31. The third kappa shape index (κ3) is 7.29. The number of benzene rings is 1. The lowest BCUT2D eigenvalue weighted by molar-refractivity contribution is -0.128. The second kappa shape index (κ2) is 12.0. The number of furan rings is 1. The van der Waals surface area contributed by atoms with Crippen molar-refractivity contribution in [3.8, 4) is 0 Å². The Morgan fingerprint density at radius 3 is 2.54 bits per heavy atom. The van der Waals surface area contributed by atoms with Crippen molar-refractivity contribution < 1.29 is 23.5 Å². The van der Waals surface area contributed by atoms with Crippen LogP contribution in [0.1, 0.15) is 61.2 Å². The topological polar surface area (TPSA) is 101 Å². The summed E-state index contributed by atoms with van der Waals surface area (Å²) in [6.45, 7) is 8.49. The standard InChI is InChI=1S/C29H39N3O5/c1-20-22(12-16-36-20)27(34)30-23(17-29(2,3)13-11-21-9-5-4-6-10-21)28(35)31-26-24(33)19-37-25(26)18-32-14-7-8-15-32/h4-6,9-10,12,16,23,25-26H,7-8,11,13-15,17-19H2,1-3H3,(H,30,34)(H,31,35)/t23-,25?,26?/m0/s1. The zero-order chi connectivity index (χ0) is 26.4. The molecule has 3 heterocycles. The fourth-order valence-corrected chi connectivity index (χ4v) is 5.24. The Labute approximate surface area is 219 Å². The van der Waals surface area contributed by atoms with Crippen molar-refractivity contribution in [2.45, 2.75) is 71.1 Å². The molecule has 1 aromatic carbocycles. The molecule has 3 atom stereocenters. The van der Waals surface area contributed by atoms with Crippen molar-refractivity contribution in [3.05, 3.63) is 59.5 Å². The Hall–Kier alpha value is -2.97. The van der Waals surface area contributed by atoms with Crippen molar-refractivity contribution in [1.29, 1.82) is 0 Å². The summed E-state index contributed by atoms with van der Waals surface area (Å²) >= 11 is 0. The van der Waals surface area contributed by atoms with E-state index in [1.54, 1.807) is 13.0 Å². The average molecular weight is 510 g/mol. The molecule has 2 aromatic rings. The van der Waals surface area contributed by atoms with Crippen LogP contribution in [0.15, 0.2) is 47.1 Å². The van der Waals surface area contributed by atoms with Crippen LogP contribution in [-0.2, 0) is 20.7 Å². The largest absolute Gasteiger partial charge is 0.469 e. The Kier molecular flexibility index (Phi) is 8.82. The molecule has 2 saturated heterocycles. The van der Waals surface area contributed by atoms with Gasteiger partial charge in [-0.2, -0.15) is 0 Å². The predicted molar refractivity (Wildman–Crippen MR) is 140 cm³/mol. The second-order valence-corrected chi connectivity index (χ2v) is 11.1. The van der Waals surface area contributed by atoms with E-state index in [-0.39, 0.29) is 35.7 Å². The van der Waals surface area contributed by atoms with E-state index in [0.29, 0.717) is 24.3 Å². The van der Waals surface area contributed by atoms with Gasteiger partial charge in [0, 0.05) is 6.54 Å². The van der Waals surface area contributed by atoms with Crippen LogP contribution < -0.4 is 10.6 Å². The van der Waals surface area contributed by atoms with Gasteiger partial charge in [0.15, 0.2) is 5.78 Å². The number of likely N-dealkylation sites (tertiary alicyclic amines) is 1. The number of aryl methyl sites for hydroxylation is 2. The van der Waals surface area contributed by atoms with Gasteiger partial charge < -0.3 is 24.7 Å². The molecule has 2 amide bonds. The number of nitrogens with zero attached hydrogens (tertiary/aromatic N) is 1. The van der Waals surface area contributed by atoms with E-state index < -0.39 is 12.1 Å². The molecule has 2 aliphatic heterocycles. The maximum Gasteiger partial charge on any atom is 0.255 e. The zero-order valence-corrected chi connectivity index (χ0v) is 22.1. The van der Waals surface area contributed by atoms with E-state index in [1.165, 1.54) is 11.8 Å². The molecule has 0 aliphatic carbocycles. The first-order valence-corrected chi connectivity index (χ1v) is 13.3. The Morgan fingerprint density at radius 2 is 1.86 bits per heavy atom. The fourth-order valence-electron chi connectivity index (χ4n) is 5.24. The Morgan fingerprint density at radius 1 is 1.14 bits per heavy atom. The second-order valence-electron chi connectivity index (χ2n) is 11.1. The number of carbonyl (C=O) groups is 3.